The maximum Gasteiger partial charge on any atom is 0.354 e. The van der Waals surface area contributed by atoms with Gasteiger partial charge in [-0.3, -0.25) is 4.79 Å². The summed E-state index contributed by atoms with van der Waals surface area (Å²) in [6.07, 6.45) is 1.48. The van der Waals surface area contributed by atoms with Gasteiger partial charge in [-0.1, -0.05) is 6.08 Å². The zero-order chi connectivity index (χ0) is 8.85. The van der Waals surface area contributed by atoms with Crippen molar-refractivity contribution < 1.29 is 14.3 Å². The molecule has 0 fully saturated rings. The van der Waals surface area contributed by atoms with Gasteiger partial charge < -0.3 is 10.1 Å². The van der Waals surface area contributed by atoms with Crippen LogP contribution in [0.4, 0.5) is 0 Å². The summed E-state index contributed by atoms with van der Waals surface area (Å²) < 4.78 is 4.38. The van der Waals surface area contributed by atoms with Crippen molar-refractivity contribution in [3.05, 3.63) is 11.8 Å². The van der Waals surface area contributed by atoms with Gasteiger partial charge in [-0.15, -0.1) is 0 Å². The number of esters is 1. The van der Waals surface area contributed by atoms with Gasteiger partial charge in [-0.2, -0.15) is 0 Å². The Kier molecular flexibility index (Phi) is 3.95. The molecule has 0 heterocycles. The summed E-state index contributed by atoms with van der Waals surface area (Å²) >= 11 is 0. The molecule has 4 nitrogen and oxygen atoms in total. The smallest absolute Gasteiger partial charge is 0.354 e. The molecule has 0 aromatic heterocycles. The molecule has 0 spiro atoms. The average molecular weight is 157 g/mol. The Morgan fingerprint density at radius 3 is 2.27 bits per heavy atom. The molecular weight excluding hydrogens is 146 g/mol. The van der Waals surface area contributed by atoms with E-state index in [1.54, 1.807) is 6.92 Å². The van der Waals surface area contributed by atoms with Crippen molar-refractivity contribution >= 4 is 11.9 Å². The Bertz CT molecular complexity index is 196. The second-order valence-electron chi connectivity index (χ2n) is 1.88. The minimum absolute atomic E-state index is 0.167. The van der Waals surface area contributed by atoms with Gasteiger partial charge in [0.05, 0.1) is 7.11 Å². The van der Waals surface area contributed by atoms with E-state index in [1.165, 1.54) is 20.1 Å². The quantitative estimate of drug-likeness (QED) is 0.460. The number of methoxy groups -OCH3 is 1. The molecule has 0 aliphatic heterocycles. The zero-order valence-corrected chi connectivity index (χ0v) is 6.80. The lowest BCUT2D eigenvalue weighted by molar-refractivity contribution is -0.137. The lowest BCUT2D eigenvalue weighted by atomic mass is 10.4. The highest BCUT2D eigenvalue weighted by molar-refractivity contribution is 5.92. The zero-order valence-electron chi connectivity index (χ0n) is 6.80. The molecule has 0 saturated carbocycles. The monoisotopic (exact) mass is 157 g/mol. The molecule has 0 unspecified atom stereocenters. The molecule has 0 aromatic carbocycles. The SMILES string of the molecule is C/C=C(\NC(C)=O)C(=O)OC. The predicted octanol–water partition coefficient (Wildman–Crippen LogP) is 0.199. The van der Waals surface area contributed by atoms with E-state index in [1.807, 2.05) is 0 Å². The molecule has 0 radical (unpaired) electrons. The summed E-state index contributed by atoms with van der Waals surface area (Å²) in [5, 5.41) is 2.33. The van der Waals surface area contributed by atoms with Gasteiger partial charge in [0.2, 0.25) is 5.91 Å². The highest BCUT2D eigenvalue weighted by atomic mass is 16.5. The summed E-state index contributed by atoms with van der Waals surface area (Å²) in [7, 11) is 1.26. The first-order chi connectivity index (χ1) is 5.11. The summed E-state index contributed by atoms with van der Waals surface area (Å²) in [6, 6.07) is 0. The van der Waals surface area contributed by atoms with Crippen molar-refractivity contribution in [2.75, 3.05) is 7.11 Å². The number of nitrogens with one attached hydrogen (secondary N) is 1. The lowest BCUT2D eigenvalue weighted by Gasteiger charge is -2.03. The molecular formula is C7H11NO3. The number of rotatable bonds is 2. The first kappa shape index (κ1) is 9.68. The predicted molar refractivity (Wildman–Crippen MR) is 39.6 cm³/mol. The number of amides is 1. The lowest BCUT2D eigenvalue weighted by Crippen LogP contribution is -2.25. The molecule has 0 rings (SSSR count). The maximum atomic E-state index is 10.8. The topological polar surface area (TPSA) is 55.4 Å². The minimum Gasteiger partial charge on any atom is -0.464 e. The van der Waals surface area contributed by atoms with Gasteiger partial charge in [0.15, 0.2) is 0 Å². The second kappa shape index (κ2) is 4.49. The van der Waals surface area contributed by atoms with E-state index < -0.39 is 5.97 Å². The first-order valence-corrected chi connectivity index (χ1v) is 3.14. The maximum absolute atomic E-state index is 10.8. The first-order valence-electron chi connectivity index (χ1n) is 3.14. The van der Waals surface area contributed by atoms with Crippen LogP contribution in [0, 0.1) is 0 Å². The van der Waals surface area contributed by atoms with Crippen LogP contribution in [-0.2, 0) is 14.3 Å². The Labute approximate surface area is 65.2 Å². The van der Waals surface area contributed by atoms with Gasteiger partial charge in [-0.25, -0.2) is 4.79 Å². The van der Waals surface area contributed by atoms with E-state index in [4.69, 9.17) is 0 Å². The number of allylic oxidation sites excluding steroid dienone is 1. The van der Waals surface area contributed by atoms with Crippen molar-refractivity contribution in [3.63, 3.8) is 0 Å². The second-order valence-corrected chi connectivity index (χ2v) is 1.88. The number of ether oxygens (including phenoxy) is 1. The molecule has 1 amide bonds. The van der Waals surface area contributed by atoms with Gasteiger partial charge in [0.25, 0.3) is 0 Å². The van der Waals surface area contributed by atoms with Crippen LogP contribution in [0.15, 0.2) is 11.8 Å². The molecule has 0 saturated heterocycles. The molecule has 0 bridgehead atoms. The van der Waals surface area contributed by atoms with E-state index in [0.717, 1.165) is 0 Å². The number of carbonyl (C=O) groups is 2. The van der Waals surface area contributed by atoms with Crippen LogP contribution in [0.25, 0.3) is 0 Å². The molecule has 62 valence electrons. The van der Waals surface area contributed by atoms with Crippen LogP contribution < -0.4 is 5.32 Å². The van der Waals surface area contributed by atoms with Crippen LogP contribution in [0.2, 0.25) is 0 Å². The number of hydrogen-bond donors (Lipinski definition) is 1. The Hall–Kier alpha value is -1.32. The number of carbonyl (C=O) groups excluding carboxylic acids is 2. The molecule has 0 atom stereocenters. The molecule has 4 heteroatoms. The summed E-state index contributed by atoms with van der Waals surface area (Å²) in [4.78, 5) is 21.2. The largest absolute Gasteiger partial charge is 0.464 e. The fourth-order valence-electron chi connectivity index (χ4n) is 0.541. The van der Waals surface area contributed by atoms with Crippen molar-refractivity contribution in [1.29, 1.82) is 0 Å². The molecule has 11 heavy (non-hydrogen) atoms. The van der Waals surface area contributed by atoms with Crippen LogP contribution >= 0.6 is 0 Å². The highest BCUT2D eigenvalue weighted by Gasteiger charge is 2.08. The minimum atomic E-state index is -0.539. The van der Waals surface area contributed by atoms with E-state index in [2.05, 4.69) is 10.1 Å². The van der Waals surface area contributed by atoms with Crippen LogP contribution in [-0.4, -0.2) is 19.0 Å². The van der Waals surface area contributed by atoms with Crippen LogP contribution in [0.1, 0.15) is 13.8 Å². The molecule has 0 aliphatic rings. The normalized spacial score (nSPS) is 10.6. The van der Waals surface area contributed by atoms with Gasteiger partial charge in [-0.05, 0) is 6.92 Å². The number of hydrogen-bond acceptors (Lipinski definition) is 3. The average Bonchev–Trinajstić information content (AvgIpc) is 1.98. The molecule has 1 N–H and O–H groups in total. The van der Waals surface area contributed by atoms with E-state index in [-0.39, 0.29) is 11.6 Å². The van der Waals surface area contributed by atoms with Crippen molar-refractivity contribution in [2.45, 2.75) is 13.8 Å². The van der Waals surface area contributed by atoms with Gasteiger partial charge in [0.1, 0.15) is 5.70 Å². The third kappa shape index (κ3) is 3.40. The molecule has 0 aliphatic carbocycles. The Morgan fingerprint density at radius 2 is 2.00 bits per heavy atom. The third-order valence-electron chi connectivity index (χ3n) is 1.00. The van der Waals surface area contributed by atoms with E-state index in [0.29, 0.717) is 0 Å². The van der Waals surface area contributed by atoms with Gasteiger partial charge in [0, 0.05) is 6.92 Å². The van der Waals surface area contributed by atoms with Gasteiger partial charge >= 0.3 is 5.97 Å². The highest BCUT2D eigenvalue weighted by Crippen LogP contribution is 1.91. The van der Waals surface area contributed by atoms with Crippen LogP contribution in [0.3, 0.4) is 0 Å². The third-order valence-corrected chi connectivity index (χ3v) is 1.00. The van der Waals surface area contributed by atoms with Crippen molar-refractivity contribution in [1.82, 2.24) is 5.32 Å². The van der Waals surface area contributed by atoms with Crippen molar-refractivity contribution in [2.24, 2.45) is 0 Å². The van der Waals surface area contributed by atoms with Crippen LogP contribution in [0.5, 0.6) is 0 Å². The summed E-state index contributed by atoms with van der Waals surface area (Å²) in [5.41, 5.74) is 0.167. The summed E-state index contributed by atoms with van der Waals surface area (Å²) in [6.45, 7) is 2.97. The van der Waals surface area contributed by atoms with E-state index in [9.17, 15) is 9.59 Å². The Morgan fingerprint density at radius 1 is 1.45 bits per heavy atom. The van der Waals surface area contributed by atoms with E-state index >= 15 is 0 Å². The Balaban J connectivity index is 4.20. The summed E-state index contributed by atoms with van der Waals surface area (Å²) in [5.74, 6) is -0.828. The van der Waals surface area contributed by atoms with Crippen molar-refractivity contribution in [3.8, 4) is 0 Å². The fourth-order valence-corrected chi connectivity index (χ4v) is 0.541. The fraction of sp³-hybridized carbons (Fsp3) is 0.429. The standard InChI is InChI=1S/C7H11NO3/c1-4-6(7(10)11-3)8-5(2)9/h4H,1-3H3,(H,8,9)/b6-4-. The molecule has 0 aromatic rings.